The van der Waals surface area contributed by atoms with Gasteiger partial charge in [-0.05, 0) is 38.5 Å². The molecule has 0 aliphatic rings. The van der Waals surface area contributed by atoms with Gasteiger partial charge >= 0.3 is 5.97 Å². The van der Waals surface area contributed by atoms with Crippen molar-refractivity contribution in [2.75, 3.05) is 11.1 Å². The molecule has 130 valence electrons. The van der Waals surface area contributed by atoms with Crippen molar-refractivity contribution in [3.05, 3.63) is 34.6 Å². The zero-order valence-electron chi connectivity index (χ0n) is 14.2. The molecule has 0 fully saturated rings. The van der Waals surface area contributed by atoms with E-state index in [9.17, 15) is 4.79 Å². The molecular weight excluding hydrogens is 348 g/mol. The molecule has 0 aliphatic heterocycles. The quantitative estimate of drug-likeness (QED) is 0.596. The molecule has 1 aromatic carbocycles. The smallest absolute Gasteiger partial charge is 0.316 e. The second kappa shape index (κ2) is 8.39. The van der Waals surface area contributed by atoms with Crippen LogP contribution in [0.5, 0.6) is 0 Å². The van der Waals surface area contributed by atoms with E-state index in [1.54, 1.807) is 0 Å². The summed E-state index contributed by atoms with van der Waals surface area (Å²) in [6.45, 7) is 6.13. The molecule has 1 N–H and O–H groups in total. The molecule has 0 unspecified atom stereocenters. The molecule has 2 aromatic rings. The van der Waals surface area contributed by atoms with Crippen molar-refractivity contribution in [3.8, 4) is 0 Å². The lowest BCUT2D eigenvalue weighted by molar-refractivity contribution is -0.144. The number of aryl methyl sites for hydroxylation is 1. The van der Waals surface area contributed by atoms with Gasteiger partial charge in [-0.2, -0.15) is 0 Å². The van der Waals surface area contributed by atoms with Crippen LogP contribution in [0.15, 0.2) is 23.4 Å². The second-order valence-electron chi connectivity index (χ2n) is 5.60. The highest BCUT2D eigenvalue weighted by atomic mass is 35.5. The molecule has 0 saturated heterocycles. The fourth-order valence-corrected chi connectivity index (χ4v) is 2.82. The van der Waals surface area contributed by atoms with Crippen molar-refractivity contribution in [1.82, 2.24) is 14.8 Å². The molecule has 0 amide bonds. The van der Waals surface area contributed by atoms with E-state index in [2.05, 4.69) is 15.5 Å². The Bertz CT molecular complexity index is 718. The second-order valence-corrected chi connectivity index (χ2v) is 6.95. The first-order chi connectivity index (χ1) is 11.4. The van der Waals surface area contributed by atoms with E-state index in [1.807, 2.05) is 50.6 Å². The lowest BCUT2D eigenvalue weighted by Gasteiger charge is -2.09. The Morgan fingerprint density at radius 3 is 2.83 bits per heavy atom. The van der Waals surface area contributed by atoms with Crippen LogP contribution in [0.2, 0.25) is 5.02 Å². The number of hydrogen-bond acceptors (Lipinski definition) is 6. The molecule has 2 rings (SSSR count). The van der Waals surface area contributed by atoms with Crippen molar-refractivity contribution in [1.29, 1.82) is 0 Å². The van der Waals surface area contributed by atoms with Gasteiger partial charge in [0.05, 0.1) is 18.4 Å². The zero-order valence-corrected chi connectivity index (χ0v) is 15.7. The van der Waals surface area contributed by atoms with Crippen LogP contribution in [0.3, 0.4) is 0 Å². The summed E-state index contributed by atoms with van der Waals surface area (Å²) < 4.78 is 6.96. The number of anilines is 1. The number of esters is 1. The fourth-order valence-electron chi connectivity index (χ4n) is 1.93. The largest absolute Gasteiger partial charge is 0.462 e. The van der Waals surface area contributed by atoms with Crippen LogP contribution >= 0.6 is 23.4 Å². The molecule has 6 nitrogen and oxygen atoms in total. The Hall–Kier alpha value is -1.73. The molecular formula is C16H21ClN4O2S. The summed E-state index contributed by atoms with van der Waals surface area (Å²) in [5.74, 6) is 0.726. The van der Waals surface area contributed by atoms with E-state index in [4.69, 9.17) is 16.3 Å². The molecule has 1 heterocycles. The van der Waals surface area contributed by atoms with Gasteiger partial charge in [0.15, 0.2) is 11.0 Å². The van der Waals surface area contributed by atoms with Crippen LogP contribution in [0.4, 0.5) is 5.69 Å². The van der Waals surface area contributed by atoms with Crippen molar-refractivity contribution in [2.45, 2.75) is 38.6 Å². The number of carbonyl (C=O) groups is 1. The summed E-state index contributed by atoms with van der Waals surface area (Å²) in [4.78, 5) is 11.6. The number of halogens is 1. The van der Waals surface area contributed by atoms with Gasteiger partial charge < -0.3 is 14.6 Å². The van der Waals surface area contributed by atoms with Crippen LogP contribution in [0, 0.1) is 6.92 Å². The Kier molecular flexibility index (Phi) is 6.51. The first-order valence-corrected chi connectivity index (χ1v) is 8.93. The number of hydrogen-bond donors (Lipinski definition) is 1. The fraction of sp³-hybridized carbons (Fsp3) is 0.438. The van der Waals surface area contributed by atoms with E-state index in [0.717, 1.165) is 22.1 Å². The van der Waals surface area contributed by atoms with Crippen molar-refractivity contribution in [3.63, 3.8) is 0 Å². The summed E-state index contributed by atoms with van der Waals surface area (Å²) in [6.07, 6.45) is -0.112. The average molecular weight is 369 g/mol. The minimum Gasteiger partial charge on any atom is -0.462 e. The number of nitrogens with zero attached hydrogens (tertiary/aromatic N) is 3. The van der Waals surface area contributed by atoms with Crippen LogP contribution in [-0.2, 0) is 23.1 Å². The average Bonchev–Trinajstić information content (AvgIpc) is 2.86. The molecule has 1 aromatic heterocycles. The van der Waals surface area contributed by atoms with Gasteiger partial charge in [-0.15, -0.1) is 10.2 Å². The van der Waals surface area contributed by atoms with E-state index in [1.165, 1.54) is 11.8 Å². The predicted molar refractivity (Wildman–Crippen MR) is 96.5 cm³/mol. The van der Waals surface area contributed by atoms with E-state index < -0.39 is 0 Å². The molecule has 0 saturated carbocycles. The Morgan fingerprint density at radius 2 is 2.17 bits per heavy atom. The number of benzene rings is 1. The third-order valence-corrected chi connectivity index (χ3v) is 4.63. The maximum absolute atomic E-state index is 11.6. The molecule has 0 spiro atoms. The lowest BCUT2D eigenvalue weighted by atomic mass is 10.2. The number of thioether (sulfide) groups is 1. The van der Waals surface area contributed by atoms with Gasteiger partial charge in [0, 0.05) is 17.8 Å². The van der Waals surface area contributed by atoms with Gasteiger partial charge in [-0.3, -0.25) is 4.79 Å². The summed E-state index contributed by atoms with van der Waals surface area (Å²) in [6, 6.07) is 5.81. The number of carbonyl (C=O) groups excluding carboxylic acids is 1. The zero-order chi connectivity index (χ0) is 17.7. The highest BCUT2D eigenvalue weighted by molar-refractivity contribution is 7.99. The number of nitrogens with one attached hydrogen (secondary N) is 1. The first kappa shape index (κ1) is 18.6. The van der Waals surface area contributed by atoms with Crippen molar-refractivity contribution in [2.24, 2.45) is 7.05 Å². The summed E-state index contributed by atoms with van der Waals surface area (Å²) in [5.41, 5.74) is 1.95. The van der Waals surface area contributed by atoms with Crippen LogP contribution in [0.1, 0.15) is 25.2 Å². The number of aromatic nitrogens is 3. The van der Waals surface area contributed by atoms with Crippen LogP contribution < -0.4 is 5.32 Å². The van der Waals surface area contributed by atoms with E-state index in [-0.39, 0.29) is 17.8 Å². The SMILES string of the molecule is Cc1ccc(NCc2nnc(SCC(=O)OC(C)C)n2C)cc1Cl. The van der Waals surface area contributed by atoms with Crippen LogP contribution in [0.25, 0.3) is 0 Å². The number of ether oxygens (including phenoxy) is 1. The molecule has 0 bridgehead atoms. The van der Waals surface area contributed by atoms with Gasteiger partial charge in [0.2, 0.25) is 0 Å². The minimum absolute atomic E-state index is 0.112. The third-order valence-electron chi connectivity index (χ3n) is 3.23. The highest BCUT2D eigenvalue weighted by Crippen LogP contribution is 2.21. The third kappa shape index (κ3) is 5.14. The Morgan fingerprint density at radius 1 is 1.42 bits per heavy atom. The molecule has 8 heteroatoms. The van der Waals surface area contributed by atoms with Gasteiger partial charge in [-0.25, -0.2) is 0 Å². The summed E-state index contributed by atoms with van der Waals surface area (Å²) in [5, 5.41) is 12.9. The Balaban J connectivity index is 1.92. The minimum atomic E-state index is -0.257. The lowest BCUT2D eigenvalue weighted by Crippen LogP contribution is -2.13. The number of rotatable bonds is 7. The topological polar surface area (TPSA) is 69.0 Å². The van der Waals surface area contributed by atoms with E-state index in [0.29, 0.717) is 11.7 Å². The monoisotopic (exact) mass is 368 g/mol. The Labute approximate surface area is 150 Å². The van der Waals surface area contributed by atoms with Crippen molar-refractivity contribution >= 4 is 35.0 Å². The van der Waals surface area contributed by atoms with Crippen molar-refractivity contribution < 1.29 is 9.53 Å². The highest BCUT2D eigenvalue weighted by Gasteiger charge is 2.13. The predicted octanol–water partition coefficient (Wildman–Crippen LogP) is 3.43. The standard InChI is InChI=1S/C16H21ClN4O2S/c1-10(2)23-15(22)9-24-16-20-19-14(21(16)4)8-18-12-6-5-11(3)13(17)7-12/h5-7,10,18H,8-9H2,1-4H3. The van der Waals surface area contributed by atoms with E-state index >= 15 is 0 Å². The van der Waals surface area contributed by atoms with Crippen LogP contribution in [-0.4, -0.2) is 32.6 Å². The summed E-state index contributed by atoms with van der Waals surface area (Å²) >= 11 is 7.43. The molecule has 0 atom stereocenters. The molecule has 24 heavy (non-hydrogen) atoms. The van der Waals surface area contributed by atoms with Gasteiger partial charge in [0.25, 0.3) is 0 Å². The van der Waals surface area contributed by atoms with Gasteiger partial charge in [-0.1, -0.05) is 29.4 Å². The maximum atomic E-state index is 11.6. The summed E-state index contributed by atoms with van der Waals surface area (Å²) in [7, 11) is 1.87. The maximum Gasteiger partial charge on any atom is 0.316 e. The molecule has 0 aliphatic carbocycles. The van der Waals surface area contributed by atoms with Gasteiger partial charge in [0.1, 0.15) is 0 Å². The molecule has 0 radical (unpaired) electrons. The first-order valence-electron chi connectivity index (χ1n) is 7.57. The normalized spacial score (nSPS) is 10.9.